The molecule has 0 aromatic heterocycles. The van der Waals surface area contributed by atoms with Crippen molar-refractivity contribution < 1.29 is 22.3 Å². The van der Waals surface area contributed by atoms with Crippen molar-refractivity contribution in [2.75, 3.05) is 0 Å². The number of para-hydroxylation sites is 1. The second kappa shape index (κ2) is 7.89. The Morgan fingerprint density at radius 3 is 1.96 bits per heavy atom. The summed E-state index contributed by atoms with van der Waals surface area (Å²) in [7, 11) is -4.14. The monoisotopic (exact) mass is 398 g/mol. The van der Waals surface area contributed by atoms with Crippen molar-refractivity contribution in [3.05, 3.63) is 99.7 Å². The van der Waals surface area contributed by atoms with Crippen molar-refractivity contribution in [3.63, 3.8) is 0 Å². The summed E-state index contributed by atoms with van der Waals surface area (Å²) >= 11 is 0. The molecule has 3 aromatic carbocycles. The quantitative estimate of drug-likeness (QED) is 0.156. The zero-order valence-electron chi connectivity index (χ0n) is 14.3. The van der Waals surface area contributed by atoms with Crippen LogP contribution in [-0.4, -0.2) is 24.3 Å². The van der Waals surface area contributed by atoms with Gasteiger partial charge < -0.3 is 9.39 Å². The lowest BCUT2D eigenvalue weighted by Gasteiger charge is -2.07. The van der Waals surface area contributed by atoms with Crippen LogP contribution in [0.2, 0.25) is 0 Å². The Morgan fingerprint density at radius 2 is 1.39 bits per heavy atom. The SMILES string of the molecule is O=[N+]([O-])c1ccc(S(=O)(=O)Oc2ccc(/C=[N+](\[O-])c3ccccc3)cc2)cc1. The zero-order valence-corrected chi connectivity index (χ0v) is 15.2. The maximum Gasteiger partial charge on any atom is 0.339 e. The molecule has 0 aliphatic rings. The highest BCUT2D eigenvalue weighted by atomic mass is 32.2. The minimum Gasteiger partial charge on any atom is -0.618 e. The Balaban J connectivity index is 1.75. The van der Waals surface area contributed by atoms with Crippen LogP contribution < -0.4 is 4.18 Å². The lowest BCUT2D eigenvalue weighted by Crippen LogP contribution is -2.09. The molecule has 0 aliphatic heterocycles. The van der Waals surface area contributed by atoms with E-state index in [9.17, 15) is 23.7 Å². The van der Waals surface area contributed by atoms with Gasteiger partial charge >= 0.3 is 10.1 Å². The minimum atomic E-state index is -4.14. The van der Waals surface area contributed by atoms with Crippen LogP contribution in [0.1, 0.15) is 5.56 Å². The number of rotatable bonds is 6. The Kier molecular flexibility index (Phi) is 5.37. The topological polar surface area (TPSA) is 113 Å². The lowest BCUT2D eigenvalue weighted by atomic mass is 10.2. The van der Waals surface area contributed by atoms with Crippen LogP contribution >= 0.6 is 0 Å². The molecule has 9 heteroatoms. The van der Waals surface area contributed by atoms with E-state index in [1.807, 2.05) is 0 Å². The van der Waals surface area contributed by atoms with Gasteiger partial charge in [-0.2, -0.15) is 13.2 Å². The van der Waals surface area contributed by atoms with Crippen LogP contribution in [0.25, 0.3) is 0 Å². The number of benzene rings is 3. The molecule has 0 unspecified atom stereocenters. The van der Waals surface area contributed by atoms with Crippen molar-refractivity contribution in [3.8, 4) is 5.75 Å². The summed E-state index contributed by atoms with van der Waals surface area (Å²) in [6, 6.07) is 18.9. The molecule has 8 nitrogen and oxygen atoms in total. The van der Waals surface area contributed by atoms with Crippen molar-refractivity contribution in [2.24, 2.45) is 0 Å². The highest BCUT2D eigenvalue weighted by Gasteiger charge is 2.18. The minimum absolute atomic E-state index is 0.0488. The van der Waals surface area contributed by atoms with Crippen molar-refractivity contribution in [1.29, 1.82) is 0 Å². The van der Waals surface area contributed by atoms with Gasteiger partial charge in [-0.15, -0.1) is 0 Å². The third kappa shape index (κ3) is 4.51. The molecule has 28 heavy (non-hydrogen) atoms. The summed E-state index contributed by atoms with van der Waals surface area (Å²) in [4.78, 5) is 9.82. The van der Waals surface area contributed by atoms with E-state index in [2.05, 4.69) is 0 Å². The molecule has 0 atom stereocenters. The van der Waals surface area contributed by atoms with Gasteiger partial charge in [0.25, 0.3) is 5.69 Å². The van der Waals surface area contributed by atoms with E-state index >= 15 is 0 Å². The molecule has 0 amide bonds. The fourth-order valence-corrected chi connectivity index (χ4v) is 3.23. The summed E-state index contributed by atoms with van der Waals surface area (Å²) in [5.74, 6) is 0.0488. The fraction of sp³-hybridized carbons (Fsp3) is 0. The first-order chi connectivity index (χ1) is 13.3. The van der Waals surface area contributed by atoms with Gasteiger partial charge in [-0.1, -0.05) is 18.2 Å². The summed E-state index contributed by atoms with van der Waals surface area (Å²) in [6.45, 7) is 0. The van der Waals surface area contributed by atoms with Gasteiger partial charge in [0.2, 0.25) is 5.69 Å². The molecule has 0 bridgehead atoms. The molecule has 0 heterocycles. The molecule has 142 valence electrons. The molecule has 0 radical (unpaired) electrons. The fourth-order valence-electron chi connectivity index (χ4n) is 2.30. The Morgan fingerprint density at radius 1 is 0.786 bits per heavy atom. The van der Waals surface area contributed by atoms with E-state index < -0.39 is 15.0 Å². The number of non-ortho nitro benzene ring substituents is 1. The molecule has 0 saturated heterocycles. The van der Waals surface area contributed by atoms with Crippen LogP contribution in [0.4, 0.5) is 11.4 Å². The van der Waals surface area contributed by atoms with Gasteiger partial charge in [-0.3, -0.25) is 10.1 Å². The molecule has 3 aromatic rings. The summed E-state index contributed by atoms with van der Waals surface area (Å²) in [5, 5.41) is 22.7. The average Bonchev–Trinajstić information content (AvgIpc) is 2.70. The van der Waals surface area contributed by atoms with Gasteiger partial charge in [-0.25, -0.2) is 0 Å². The first-order valence-corrected chi connectivity index (χ1v) is 9.41. The van der Waals surface area contributed by atoms with Crippen LogP contribution in [0, 0.1) is 15.3 Å². The van der Waals surface area contributed by atoms with E-state index in [0.717, 1.165) is 24.3 Å². The average molecular weight is 398 g/mol. The maximum absolute atomic E-state index is 12.3. The highest BCUT2D eigenvalue weighted by molar-refractivity contribution is 7.87. The standard InChI is InChI=1S/C19H14N2O6S/c22-20(16-4-2-1-3-5-16)14-15-6-10-18(11-7-15)27-28(25,26)19-12-8-17(9-13-19)21(23)24/h1-14H/b20-14-. The van der Waals surface area contributed by atoms with Crippen LogP contribution in [0.5, 0.6) is 5.75 Å². The molecule has 0 spiro atoms. The van der Waals surface area contributed by atoms with E-state index in [-0.39, 0.29) is 16.3 Å². The van der Waals surface area contributed by atoms with Crippen LogP contribution in [-0.2, 0) is 10.1 Å². The van der Waals surface area contributed by atoms with Gasteiger partial charge in [0.15, 0.2) is 6.21 Å². The van der Waals surface area contributed by atoms with Crippen molar-refractivity contribution in [2.45, 2.75) is 4.90 Å². The first-order valence-electron chi connectivity index (χ1n) is 8.00. The number of nitro groups is 1. The number of hydrogen-bond donors (Lipinski definition) is 0. The highest BCUT2D eigenvalue weighted by Crippen LogP contribution is 2.21. The van der Waals surface area contributed by atoms with Crippen molar-refractivity contribution >= 4 is 27.7 Å². The molecular formula is C19H14N2O6S. The lowest BCUT2D eigenvalue weighted by molar-refractivity contribution is -0.384. The van der Waals surface area contributed by atoms with Crippen LogP contribution in [0.3, 0.4) is 0 Å². The van der Waals surface area contributed by atoms with E-state index in [1.54, 1.807) is 30.3 Å². The summed E-state index contributed by atoms with van der Waals surface area (Å²) in [6.07, 6.45) is 1.35. The van der Waals surface area contributed by atoms with Crippen LogP contribution in [0.15, 0.2) is 83.8 Å². The predicted octanol–water partition coefficient (Wildman–Crippen LogP) is 3.62. The Hall–Kier alpha value is -3.72. The molecule has 0 N–H and O–H groups in total. The van der Waals surface area contributed by atoms with E-state index in [1.165, 1.54) is 30.5 Å². The number of nitro benzene ring substituents is 1. The van der Waals surface area contributed by atoms with E-state index in [0.29, 0.717) is 16.0 Å². The van der Waals surface area contributed by atoms with Gasteiger partial charge in [0, 0.05) is 29.8 Å². The number of hydrogen-bond acceptors (Lipinski definition) is 6. The first kappa shape index (κ1) is 19.1. The second-order valence-electron chi connectivity index (χ2n) is 5.65. The largest absolute Gasteiger partial charge is 0.618 e. The maximum atomic E-state index is 12.3. The van der Waals surface area contributed by atoms with E-state index in [4.69, 9.17) is 4.18 Å². The molecule has 0 aliphatic carbocycles. The molecule has 0 fully saturated rings. The summed E-state index contributed by atoms with van der Waals surface area (Å²) < 4.78 is 30.3. The van der Waals surface area contributed by atoms with Gasteiger partial charge in [-0.05, 0) is 36.4 Å². The van der Waals surface area contributed by atoms with Gasteiger partial charge in [0.05, 0.1) is 4.92 Å². The molecule has 0 saturated carbocycles. The zero-order chi connectivity index (χ0) is 20.1. The van der Waals surface area contributed by atoms with Gasteiger partial charge in [0.1, 0.15) is 10.6 Å². The third-order valence-electron chi connectivity index (χ3n) is 3.70. The predicted molar refractivity (Wildman–Crippen MR) is 102 cm³/mol. The molecule has 3 rings (SSSR count). The third-order valence-corrected chi connectivity index (χ3v) is 4.96. The molecular weight excluding hydrogens is 384 g/mol. The van der Waals surface area contributed by atoms with Crippen molar-refractivity contribution in [1.82, 2.24) is 0 Å². The normalized spacial score (nSPS) is 11.8. The second-order valence-corrected chi connectivity index (χ2v) is 7.19. The summed E-state index contributed by atoms with van der Waals surface area (Å²) in [5.41, 5.74) is 0.793. The smallest absolute Gasteiger partial charge is 0.339 e. The Bertz CT molecular complexity index is 1110. The Labute approximate surface area is 160 Å². The number of nitrogens with zero attached hydrogens (tertiary/aromatic N) is 2.